The molecule has 41 heavy (non-hydrogen) atoms. The Balaban J connectivity index is 1.64. The van der Waals surface area contributed by atoms with Crippen LogP contribution < -0.4 is 20.1 Å². The fourth-order valence-corrected chi connectivity index (χ4v) is 6.13. The largest absolute Gasteiger partial charge is 0.497 e. The maximum atomic E-state index is 14.0. The minimum atomic E-state index is -0.542. The van der Waals surface area contributed by atoms with Crippen LogP contribution in [0.4, 0.5) is 5.69 Å². The zero-order valence-electron chi connectivity index (χ0n) is 24.7. The van der Waals surface area contributed by atoms with Gasteiger partial charge in [0.1, 0.15) is 23.9 Å². The van der Waals surface area contributed by atoms with E-state index in [-0.39, 0.29) is 11.2 Å². The Morgan fingerprint density at radius 2 is 1.71 bits per heavy atom. The zero-order valence-corrected chi connectivity index (χ0v) is 24.7. The van der Waals surface area contributed by atoms with E-state index in [0.29, 0.717) is 36.4 Å². The Hall–Kier alpha value is -4.50. The number of rotatable bonds is 6. The van der Waals surface area contributed by atoms with Gasteiger partial charge in [-0.25, -0.2) is 0 Å². The minimum absolute atomic E-state index is 0.0658. The van der Waals surface area contributed by atoms with Crippen LogP contribution >= 0.6 is 0 Å². The van der Waals surface area contributed by atoms with E-state index in [2.05, 4.69) is 32.0 Å². The molecule has 1 unspecified atom stereocenters. The van der Waals surface area contributed by atoms with E-state index >= 15 is 0 Å². The molecule has 3 aromatic rings. The number of hydrogen-bond donors (Lipinski definition) is 1. The van der Waals surface area contributed by atoms with Crippen LogP contribution in [0.15, 0.2) is 83.3 Å². The average Bonchev–Trinajstić information content (AvgIpc) is 2.92. The van der Waals surface area contributed by atoms with Gasteiger partial charge < -0.3 is 15.2 Å². The molecular formula is C35H37N3O3. The van der Waals surface area contributed by atoms with Crippen molar-refractivity contribution in [1.29, 1.82) is 5.26 Å². The van der Waals surface area contributed by atoms with E-state index in [1.54, 1.807) is 7.11 Å². The van der Waals surface area contributed by atoms with Gasteiger partial charge in [0.25, 0.3) is 0 Å². The van der Waals surface area contributed by atoms with Crippen molar-refractivity contribution in [2.75, 3.05) is 12.0 Å². The summed E-state index contributed by atoms with van der Waals surface area (Å²) in [5.41, 5.74) is 14.5. The van der Waals surface area contributed by atoms with Crippen molar-refractivity contribution in [1.82, 2.24) is 0 Å². The zero-order chi connectivity index (χ0) is 29.5. The van der Waals surface area contributed by atoms with Gasteiger partial charge in [0.05, 0.1) is 24.7 Å². The monoisotopic (exact) mass is 547 g/mol. The molecule has 0 aromatic heterocycles. The number of carbonyl (C=O) groups is 1. The van der Waals surface area contributed by atoms with Crippen molar-refractivity contribution in [3.05, 3.63) is 111 Å². The summed E-state index contributed by atoms with van der Waals surface area (Å²) in [6.07, 6.45) is 1.09. The maximum absolute atomic E-state index is 14.0. The predicted molar refractivity (Wildman–Crippen MR) is 162 cm³/mol. The summed E-state index contributed by atoms with van der Waals surface area (Å²) >= 11 is 0. The van der Waals surface area contributed by atoms with Crippen LogP contribution in [-0.2, 0) is 11.4 Å². The Labute approximate surface area is 242 Å². The molecule has 2 aliphatic rings. The van der Waals surface area contributed by atoms with Gasteiger partial charge in [0.15, 0.2) is 5.78 Å². The third-order valence-corrected chi connectivity index (χ3v) is 8.11. The smallest absolute Gasteiger partial charge is 0.162 e. The predicted octanol–water partition coefficient (Wildman–Crippen LogP) is 7.14. The van der Waals surface area contributed by atoms with Gasteiger partial charge in [-0.3, -0.25) is 9.69 Å². The lowest BCUT2D eigenvalue weighted by Gasteiger charge is -2.44. The standard InChI is InChI=1S/C35H37N3O3/c1-21-8-7-9-25(15-21)38-30-17-35(4,5)18-31(39)33(30)32(29(19-36)34(38)37)28-16-22(2)14-24(23(28)3)20-41-27-12-10-26(40-6)11-13-27/h7-16,32H,17-18,20,37H2,1-6H3. The molecule has 6 heteroatoms. The fourth-order valence-electron chi connectivity index (χ4n) is 6.13. The lowest BCUT2D eigenvalue weighted by atomic mass is 9.68. The first-order chi connectivity index (χ1) is 19.5. The number of allylic oxidation sites excluding steroid dienone is 3. The molecule has 0 saturated heterocycles. The third-order valence-electron chi connectivity index (χ3n) is 8.11. The molecule has 5 rings (SSSR count). The van der Waals surface area contributed by atoms with Crippen molar-refractivity contribution < 1.29 is 14.3 Å². The van der Waals surface area contributed by atoms with Gasteiger partial charge in [-0.15, -0.1) is 0 Å². The first-order valence-electron chi connectivity index (χ1n) is 13.9. The van der Waals surface area contributed by atoms with E-state index in [9.17, 15) is 10.1 Å². The van der Waals surface area contributed by atoms with E-state index in [1.807, 2.05) is 74.2 Å². The highest BCUT2D eigenvalue weighted by Gasteiger charge is 2.45. The maximum Gasteiger partial charge on any atom is 0.162 e. The number of aryl methyl sites for hydroxylation is 2. The number of hydrogen-bond acceptors (Lipinski definition) is 6. The second kappa shape index (κ2) is 10.8. The molecule has 1 aliphatic carbocycles. The summed E-state index contributed by atoms with van der Waals surface area (Å²) in [7, 11) is 1.63. The Kier molecular flexibility index (Phi) is 7.40. The van der Waals surface area contributed by atoms with E-state index in [1.165, 1.54) is 0 Å². The number of benzene rings is 3. The number of nitrogens with two attached hydrogens (primary N) is 1. The van der Waals surface area contributed by atoms with Gasteiger partial charge in [0, 0.05) is 23.4 Å². The lowest BCUT2D eigenvalue weighted by Crippen LogP contribution is -2.42. The highest BCUT2D eigenvalue weighted by atomic mass is 16.5. The minimum Gasteiger partial charge on any atom is -0.497 e. The van der Waals surface area contributed by atoms with Gasteiger partial charge >= 0.3 is 0 Å². The highest BCUT2D eigenvalue weighted by Crippen LogP contribution is 2.51. The molecule has 0 radical (unpaired) electrons. The molecule has 0 fully saturated rings. The van der Waals surface area contributed by atoms with E-state index < -0.39 is 5.92 Å². The van der Waals surface area contributed by atoms with Crippen molar-refractivity contribution in [2.24, 2.45) is 11.1 Å². The Morgan fingerprint density at radius 1 is 1.00 bits per heavy atom. The van der Waals surface area contributed by atoms with E-state index in [0.717, 1.165) is 50.7 Å². The fraction of sp³-hybridized carbons (Fsp3) is 0.314. The van der Waals surface area contributed by atoms with Gasteiger partial charge in [-0.2, -0.15) is 5.26 Å². The molecule has 0 bridgehead atoms. The van der Waals surface area contributed by atoms with Crippen LogP contribution in [0, 0.1) is 37.5 Å². The quantitative estimate of drug-likeness (QED) is 0.353. The summed E-state index contributed by atoms with van der Waals surface area (Å²) in [5.74, 6) is 1.40. The lowest BCUT2D eigenvalue weighted by molar-refractivity contribution is -0.118. The molecule has 2 N–H and O–H groups in total. The summed E-state index contributed by atoms with van der Waals surface area (Å²) in [5, 5.41) is 10.5. The molecule has 3 aromatic carbocycles. The number of anilines is 1. The summed E-state index contributed by atoms with van der Waals surface area (Å²) in [4.78, 5) is 15.9. The number of Topliss-reactive ketones (excluding diaryl/α,β-unsaturated/α-hetero) is 1. The molecule has 210 valence electrons. The summed E-state index contributed by atoms with van der Waals surface area (Å²) < 4.78 is 11.4. The number of ketones is 1. The van der Waals surface area contributed by atoms with Crippen LogP contribution in [0.1, 0.15) is 60.4 Å². The number of nitrogens with zero attached hydrogens (tertiary/aromatic N) is 2. The molecule has 1 heterocycles. The summed E-state index contributed by atoms with van der Waals surface area (Å²) in [6, 6.07) is 22.1. The normalized spacial score (nSPS) is 18.2. The van der Waals surface area contributed by atoms with Gasteiger partial charge in [0.2, 0.25) is 0 Å². The first kappa shape index (κ1) is 28.0. The molecule has 0 saturated carbocycles. The van der Waals surface area contributed by atoms with Crippen LogP contribution in [0.2, 0.25) is 0 Å². The van der Waals surface area contributed by atoms with Crippen molar-refractivity contribution in [3.63, 3.8) is 0 Å². The molecular weight excluding hydrogens is 510 g/mol. The Bertz CT molecular complexity index is 1620. The molecule has 1 aliphatic heterocycles. The molecule has 0 spiro atoms. The van der Waals surface area contributed by atoms with Crippen LogP contribution in [0.25, 0.3) is 0 Å². The average molecular weight is 548 g/mol. The third kappa shape index (κ3) is 5.32. The van der Waals surface area contributed by atoms with Crippen LogP contribution in [0.3, 0.4) is 0 Å². The Morgan fingerprint density at radius 3 is 2.37 bits per heavy atom. The van der Waals surface area contributed by atoms with Crippen LogP contribution in [0.5, 0.6) is 11.5 Å². The van der Waals surface area contributed by atoms with Gasteiger partial charge in [-0.05, 0) is 91.3 Å². The summed E-state index contributed by atoms with van der Waals surface area (Å²) in [6.45, 7) is 10.7. The first-order valence-corrected chi connectivity index (χ1v) is 13.9. The van der Waals surface area contributed by atoms with Crippen molar-refractivity contribution >= 4 is 11.5 Å². The SMILES string of the molecule is COc1ccc(OCc2cc(C)cc(C3C(C#N)=C(N)N(c4cccc(C)c4)C4=C3C(=O)CC(C)(C)C4)c2C)cc1. The van der Waals surface area contributed by atoms with Crippen molar-refractivity contribution in [2.45, 2.75) is 60.0 Å². The highest BCUT2D eigenvalue weighted by molar-refractivity contribution is 6.01. The van der Waals surface area contributed by atoms with Crippen LogP contribution in [-0.4, -0.2) is 12.9 Å². The van der Waals surface area contributed by atoms with Crippen molar-refractivity contribution in [3.8, 4) is 17.6 Å². The second-order valence-electron chi connectivity index (χ2n) is 11.9. The number of nitriles is 1. The van der Waals surface area contributed by atoms with E-state index in [4.69, 9.17) is 15.2 Å². The topological polar surface area (TPSA) is 88.6 Å². The molecule has 0 amide bonds. The number of ether oxygens (including phenoxy) is 2. The molecule has 6 nitrogen and oxygen atoms in total. The molecule has 1 atom stereocenters. The van der Waals surface area contributed by atoms with Gasteiger partial charge in [-0.1, -0.05) is 43.7 Å². The number of carbonyl (C=O) groups excluding carboxylic acids is 1. The number of methoxy groups -OCH3 is 1. The second-order valence-corrected chi connectivity index (χ2v) is 11.9.